The van der Waals surface area contributed by atoms with Crippen LogP contribution in [-0.2, 0) is 22.9 Å². The summed E-state index contributed by atoms with van der Waals surface area (Å²) in [6.07, 6.45) is 6.55. The summed E-state index contributed by atoms with van der Waals surface area (Å²) in [6.45, 7) is 12.7. The molecule has 1 aliphatic carbocycles. The molecule has 0 aliphatic heterocycles. The molecule has 0 atom stereocenters. The lowest BCUT2D eigenvalue weighted by molar-refractivity contribution is 0.0803. The Hall–Kier alpha value is -3.20. The summed E-state index contributed by atoms with van der Waals surface area (Å²) in [5.74, 6) is 0.00906. The highest BCUT2D eigenvalue weighted by molar-refractivity contribution is 7.94. The van der Waals surface area contributed by atoms with Gasteiger partial charge in [0.1, 0.15) is 5.82 Å². The number of fused-ring (bicyclic) bond motifs is 1. The number of pyridine rings is 1. The average molecular weight is 524 g/mol. The van der Waals surface area contributed by atoms with E-state index in [9.17, 15) is 13.2 Å². The van der Waals surface area contributed by atoms with Gasteiger partial charge in [-0.25, -0.2) is 18.4 Å². The Morgan fingerprint density at radius 3 is 2.41 bits per heavy atom. The van der Waals surface area contributed by atoms with Gasteiger partial charge in [-0.05, 0) is 82.2 Å². The minimum Gasteiger partial charge on any atom is -0.337 e. The number of nitrogens with one attached hydrogen (secondary N) is 1. The molecule has 1 aliphatic rings. The molecule has 9 heteroatoms. The molecule has 1 N–H and O–H groups in total. The summed E-state index contributed by atoms with van der Waals surface area (Å²) >= 11 is 0. The number of carbonyl (C=O) groups is 1. The molecular weight excluding hydrogens is 486 g/mol. The van der Waals surface area contributed by atoms with E-state index in [2.05, 4.69) is 52.1 Å². The molecule has 1 saturated carbocycles. The maximum absolute atomic E-state index is 13.8. The standard InChI is InChI=1S/C28H37N5O3S/c1-8-18-15-19(9-2)24-22(16-18)33(21-11-10-12-21)26(25(24)27(34)32(7)29-6)20-13-14-23(30-17-20)31-37(35,36)28(3,4)5/h13-17,21H,6,8-12H2,1-5,7H3,(H,30,31). The van der Waals surface area contributed by atoms with Crippen molar-refractivity contribution in [3.05, 3.63) is 47.2 Å². The van der Waals surface area contributed by atoms with Gasteiger partial charge in [0.2, 0.25) is 10.0 Å². The fourth-order valence-corrected chi connectivity index (χ4v) is 5.40. The van der Waals surface area contributed by atoms with Crippen molar-refractivity contribution in [1.29, 1.82) is 0 Å². The molecule has 2 heterocycles. The number of anilines is 1. The van der Waals surface area contributed by atoms with Crippen LogP contribution in [0.15, 0.2) is 35.6 Å². The van der Waals surface area contributed by atoms with Gasteiger partial charge in [-0.3, -0.25) is 9.52 Å². The maximum Gasteiger partial charge on any atom is 0.276 e. The summed E-state index contributed by atoms with van der Waals surface area (Å²) in [7, 11) is -2.00. The molecule has 1 fully saturated rings. The van der Waals surface area contributed by atoms with Gasteiger partial charge in [0.25, 0.3) is 5.91 Å². The highest BCUT2D eigenvalue weighted by Gasteiger charge is 2.33. The Morgan fingerprint density at radius 2 is 1.92 bits per heavy atom. The lowest BCUT2D eigenvalue weighted by atomic mass is 9.92. The first-order valence-corrected chi connectivity index (χ1v) is 14.3. The lowest BCUT2D eigenvalue weighted by Crippen LogP contribution is -2.33. The number of hydrogen-bond acceptors (Lipinski definition) is 5. The van der Waals surface area contributed by atoms with E-state index in [4.69, 9.17) is 0 Å². The third-order valence-electron chi connectivity index (χ3n) is 7.28. The first-order valence-electron chi connectivity index (χ1n) is 12.9. The van der Waals surface area contributed by atoms with Crippen LogP contribution >= 0.6 is 0 Å². The van der Waals surface area contributed by atoms with Crippen molar-refractivity contribution >= 4 is 39.4 Å². The number of aryl methyl sites for hydroxylation is 2. The van der Waals surface area contributed by atoms with Gasteiger partial charge in [0, 0.05) is 37.0 Å². The molecule has 198 valence electrons. The van der Waals surface area contributed by atoms with Gasteiger partial charge in [-0.1, -0.05) is 19.9 Å². The second kappa shape index (κ2) is 9.93. The zero-order chi connectivity index (χ0) is 27.1. The molecule has 0 saturated heterocycles. The normalized spacial score (nSPS) is 14.4. The van der Waals surface area contributed by atoms with Crippen LogP contribution in [0.3, 0.4) is 0 Å². The van der Waals surface area contributed by atoms with Crippen LogP contribution in [-0.4, -0.2) is 47.4 Å². The van der Waals surface area contributed by atoms with Gasteiger partial charge in [-0.15, -0.1) is 0 Å². The van der Waals surface area contributed by atoms with Crippen molar-refractivity contribution in [2.24, 2.45) is 5.10 Å². The van der Waals surface area contributed by atoms with Crippen molar-refractivity contribution in [3.63, 3.8) is 0 Å². The summed E-state index contributed by atoms with van der Waals surface area (Å²) in [5.41, 5.74) is 5.53. The van der Waals surface area contributed by atoms with E-state index in [0.29, 0.717) is 5.56 Å². The van der Waals surface area contributed by atoms with Crippen molar-refractivity contribution in [3.8, 4) is 11.3 Å². The van der Waals surface area contributed by atoms with Crippen molar-refractivity contribution in [2.45, 2.75) is 77.5 Å². The number of hydrogen-bond donors (Lipinski definition) is 1. The first-order chi connectivity index (χ1) is 17.4. The smallest absolute Gasteiger partial charge is 0.276 e. The third kappa shape index (κ3) is 4.77. The van der Waals surface area contributed by atoms with Crippen LogP contribution in [0.5, 0.6) is 0 Å². The van der Waals surface area contributed by atoms with Crippen LogP contribution in [0.2, 0.25) is 0 Å². The van der Waals surface area contributed by atoms with Crippen LogP contribution in [0.1, 0.15) is 81.4 Å². The van der Waals surface area contributed by atoms with Gasteiger partial charge in [-0.2, -0.15) is 5.10 Å². The topological polar surface area (TPSA) is 96.7 Å². The molecule has 0 bridgehead atoms. The summed E-state index contributed by atoms with van der Waals surface area (Å²) in [6, 6.07) is 8.16. The Morgan fingerprint density at radius 1 is 1.22 bits per heavy atom. The molecule has 0 spiro atoms. The molecule has 0 unspecified atom stereocenters. The number of nitrogens with zero attached hydrogens (tertiary/aromatic N) is 4. The van der Waals surface area contributed by atoms with Crippen molar-refractivity contribution in [1.82, 2.24) is 14.6 Å². The van der Waals surface area contributed by atoms with E-state index in [-0.39, 0.29) is 17.8 Å². The number of amides is 1. The number of hydrazone groups is 1. The predicted molar refractivity (Wildman–Crippen MR) is 151 cm³/mol. The monoisotopic (exact) mass is 523 g/mol. The Kier molecular flexibility index (Phi) is 7.21. The first kappa shape index (κ1) is 26.9. The Balaban J connectivity index is 1.99. The maximum atomic E-state index is 13.8. The summed E-state index contributed by atoms with van der Waals surface area (Å²) in [5, 5.41) is 6.11. The SMILES string of the molecule is C=NN(C)C(=O)c1c(-c2ccc(NS(=O)(=O)C(C)(C)C)nc2)n(C2CCC2)c2cc(CC)cc(CC)c12. The number of aromatic nitrogens is 2. The second-order valence-corrected chi connectivity index (χ2v) is 13.1. The van der Waals surface area contributed by atoms with Gasteiger partial charge >= 0.3 is 0 Å². The van der Waals surface area contributed by atoms with Crippen molar-refractivity contribution in [2.75, 3.05) is 11.8 Å². The van der Waals surface area contributed by atoms with E-state index >= 15 is 0 Å². The molecule has 3 aromatic rings. The van der Waals surface area contributed by atoms with Crippen LogP contribution in [0.4, 0.5) is 5.82 Å². The van der Waals surface area contributed by atoms with E-state index in [1.54, 1.807) is 40.1 Å². The fourth-order valence-electron chi connectivity index (χ4n) is 4.70. The quantitative estimate of drug-likeness (QED) is 0.299. The number of sulfonamides is 1. The van der Waals surface area contributed by atoms with Gasteiger partial charge in [0.05, 0.1) is 21.5 Å². The number of rotatable bonds is 8. The van der Waals surface area contributed by atoms with E-state index in [1.807, 2.05) is 6.07 Å². The summed E-state index contributed by atoms with van der Waals surface area (Å²) in [4.78, 5) is 18.2. The zero-order valence-electron chi connectivity index (χ0n) is 22.6. The highest BCUT2D eigenvalue weighted by Crippen LogP contribution is 2.44. The fraction of sp³-hybridized carbons (Fsp3) is 0.464. The molecule has 4 rings (SSSR count). The Bertz CT molecular complexity index is 1450. The largest absolute Gasteiger partial charge is 0.337 e. The van der Waals surface area contributed by atoms with Crippen LogP contribution in [0, 0.1) is 0 Å². The second-order valence-electron chi connectivity index (χ2n) is 10.7. The van der Waals surface area contributed by atoms with Crippen molar-refractivity contribution < 1.29 is 13.2 Å². The zero-order valence-corrected chi connectivity index (χ0v) is 23.4. The molecule has 37 heavy (non-hydrogen) atoms. The molecule has 1 amide bonds. The Labute approximate surface area is 219 Å². The van der Waals surface area contributed by atoms with E-state index in [0.717, 1.165) is 59.8 Å². The minimum absolute atomic E-state index is 0.232. The number of carbonyl (C=O) groups excluding carboxylic acids is 1. The molecule has 1 aromatic carbocycles. The molecular formula is C28H37N5O3S. The molecule has 8 nitrogen and oxygen atoms in total. The van der Waals surface area contributed by atoms with E-state index < -0.39 is 14.8 Å². The van der Waals surface area contributed by atoms with Gasteiger partial charge < -0.3 is 4.57 Å². The molecule has 2 aromatic heterocycles. The van der Waals surface area contributed by atoms with Gasteiger partial charge in [0.15, 0.2) is 0 Å². The number of benzene rings is 1. The summed E-state index contributed by atoms with van der Waals surface area (Å²) < 4.78 is 29.2. The van der Waals surface area contributed by atoms with Crippen LogP contribution < -0.4 is 4.72 Å². The predicted octanol–water partition coefficient (Wildman–Crippen LogP) is 5.78. The van der Waals surface area contributed by atoms with E-state index in [1.165, 1.54) is 10.6 Å². The highest BCUT2D eigenvalue weighted by atomic mass is 32.2. The minimum atomic E-state index is -3.62. The lowest BCUT2D eigenvalue weighted by Gasteiger charge is -2.30. The average Bonchev–Trinajstić information content (AvgIpc) is 3.15. The van der Waals surface area contributed by atoms with Crippen LogP contribution in [0.25, 0.3) is 22.2 Å². The molecule has 0 radical (unpaired) electrons. The third-order valence-corrected chi connectivity index (χ3v) is 9.37.